The van der Waals surface area contributed by atoms with Crippen LogP contribution in [0.25, 0.3) is 6.08 Å². The number of likely N-dealkylation sites (N-methyl/N-ethyl adjacent to an activating group) is 1. The quantitative estimate of drug-likeness (QED) is 0.637. The maximum absolute atomic E-state index is 3.99. The molecule has 0 unspecified atom stereocenters. The Morgan fingerprint density at radius 3 is 3.08 bits per heavy atom. The van der Waals surface area contributed by atoms with E-state index in [-0.39, 0.29) is 0 Å². The summed E-state index contributed by atoms with van der Waals surface area (Å²) in [6.07, 6.45) is 4.19. The summed E-state index contributed by atoms with van der Waals surface area (Å²) in [6, 6.07) is 2.14. The first-order valence-electron chi connectivity index (χ1n) is 4.05. The maximum atomic E-state index is 3.99. The van der Waals surface area contributed by atoms with Crippen molar-refractivity contribution in [2.75, 3.05) is 11.4 Å². The molecule has 0 aromatic carbocycles. The fraction of sp³-hybridized carbons (Fsp3) is 0.200. The molecule has 1 aromatic heterocycles. The molecule has 0 fully saturated rings. The molecule has 1 aliphatic rings. The van der Waals surface area contributed by atoms with E-state index in [1.165, 1.54) is 10.6 Å². The molecule has 2 heterocycles. The number of nitrogens with zero attached hydrogens (tertiary/aromatic N) is 1. The molecule has 0 saturated carbocycles. The van der Waals surface area contributed by atoms with Crippen molar-refractivity contribution in [2.45, 2.75) is 6.92 Å². The van der Waals surface area contributed by atoms with Crippen LogP contribution in [0.4, 0.5) is 5.00 Å². The van der Waals surface area contributed by atoms with Gasteiger partial charge >= 0.3 is 0 Å². The van der Waals surface area contributed by atoms with Gasteiger partial charge in [0.2, 0.25) is 0 Å². The zero-order chi connectivity index (χ0) is 8.55. The topological polar surface area (TPSA) is 3.24 Å². The van der Waals surface area contributed by atoms with E-state index in [0.29, 0.717) is 0 Å². The van der Waals surface area contributed by atoms with Crippen LogP contribution >= 0.6 is 11.3 Å². The minimum absolute atomic E-state index is 0.997. The van der Waals surface area contributed by atoms with Crippen molar-refractivity contribution in [3.63, 3.8) is 0 Å². The third-order valence-electron chi connectivity index (χ3n) is 2.04. The highest BCUT2D eigenvalue weighted by Gasteiger charge is 2.14. The lowest BCUT2D eigenvalue weighted by atomic mass is 10.2. The molecule has 0 saturated heterocycles. The van der Waals surface area contributed by atoms with E-state index in [1.54, 1.807) is 11.3 Å². The Hall–Kier alpha value is -1.02. The first-order valence-corrected chi connectivity index (χ1v) is 4.93. The van der Waals surface area contributed by atoms with E-state index in [1.807, 2.05) is 0 Å². The second-order valence-corrected chi connectivity index (χ2v) is 3.64. The maximum Gasteiger partial charge on any atom is 0.103 e. The van der Waals surface area contributed by atoms with Crippen LogP contribution in [0.3, 0.4) is 0 Å². The van der Waals surface area contributed by atoms with Crippen molar-refractivity contribution in [3.8, 4) is 0 Å². The Morgan fingerprint density at radius 2 is 2.33 bits per heavy atom. The normalized spacial score (nSPS) is 15.1. The van der Waals surface area contributed by atoms with Gasteiger partial charge in [-0.25, -0.2) is 0 Å². The highest BCUT2D eigenvalue weighted by atomic mass is 32.1. The van der Waals surface area contributed by atoms with Crippen molar-refractivity contribution < 1.29 is 0 Å². The smallest absolute Gasteiger partial charge is 0.103 e. The molecule has 1 nitrogen and oxygen atoms in total. The van der Waals surface area contributed by atoms with E-state index >= 15 is 0 Å². The lowest BCUT2D eigenvalue weighted by Crippen LogP contribution is -2.21. The van der Waals surface area contributed by atoms with Crippen LogP contribution in [-0.2, 0) is 0 Å². The number of rotatable bonds is 1. The molecule has 0 N–H and O–H groups in total. The number of fused-ring (bicyclic) bond motifs is 1. The highest BCUT2D eigenvalue weighted by Crippen LogP contribution is 2.34. The Labute approximate surface area is 76.6 Å². The number of thiophene rings is 1. The molecule has 0 bridgehead atoms. The largest absolute Gasteiger partial charge is 0.334 e. The molecule has 1 aliphatic heterocycles. The molecule has 0 spiro atoms. The van der Waals surface area contributed by atoms with Crippen molar-refractivity contribution in [3.05, 3.63) is 35.4 Å². The second kappa shape index (κ2) is 2.79. The number of hydrogen-bond acceptors (Lipinski definition) is 2. The first kappa shape index (κ1) is 7.62. The fourth-order valence-electron chi connectivity index (χ4n) is 1.41. The van der Waals surface area contributed by atoms with Crippen LogP contribution < -0.4 is 4.90 Å². The average Bonchev–Trinajstić information content (AvgIpc) is 2.52. The SMILES string of the molecule is C=C1C=Cc2ccsc2N1CC. The van der Waals surface area contributed by atoms with Crippen LogP contribution in [0.5, 0.6) is 0 Å². The minimum Gasteiger partial charge on any atom is -0.334 e. The van der Waals surface area contributed by atoms with Gasteiger partial charge in [-0.15, -0.1) is 11.3 Å². The standard InChI is InChI=1S/C10H11NS/c1-3-11-8(2)4-5-9-6-7-12-10(9)11/h4-7H,2-3H2,1H3. The summed E-state index contributed by atoms with van der Waals surface area (Å²) in [5, 5.41) is 3.45. The van der Waals surface area contributed by atoms with Gasteiger partial charge < -0.3 is 4.90 Å². The Balaban J connectivity index is 2.49. The van der Waals surface area contributed by atoms with Crippen molar-refractivity contribution >= 4 is 22.4 Å². The van der Waals surface area contributed by atoms with E-state index in [0.717, 1.165) is 12.2 Å². The molecule has 0 radical (unpaired) electrons. The van der Waals surface area contributed by atoms with Gasteiger partial charge in [0.15, 0.2) is 0 Å². The van der Waals surface area contributed by atoms with Crippen molar-refractivity contribution in [1.29, 1.82) is 0 Å². The average molecular weight is 177 g/mol. The first-order chi connectivity index (χ1) is 5.83. The Morgan fingerprint density at radius 1 is 1.50 bits per heavy atom. The third kappa shape index (κ3) is 0.994. The van der Waals surface area contributed by atoms with Crippen LogP contribution in [0.15, 0.2) is 29.8 Å². The summed E-state index contributed by atoms with van der Waals surface area (Å²) < 4.78 is 0. The Bertz CT molecular complexity index is 335. The van der Waals surface area contributed by atoms with Gasteiger partial charge in [0.05, 0.1) is 0 Å². The summed E-state index contributed by atoms with van der Waals surface area (Å²) >= 11 is 1.78. The van der Waals surface area contributed by atoms with Crippen LogP contribution in [0, 0.1) is 0 Å². The number of allylic oxidation sites excluding steroid dienone is 1. The summed E-state index contributed by atoms with van der Waals surface area (Å²) in [4.78, 5) is 2.24. The summed E-state index contributed by atoms with van der Waals surface area (Å²) in [5.41, 5.74) is 2.40. The molecule has 0 aliphatic carbocycles. The van der Waals surface area contributed by atoms with E-state index in [9.17, 15) is 0 Å². The summed E-state index contributed by atoms with van der Waals surface area (Å²) in [6.45, 7) is 7.13. The Kier molecular flexibility index (Phi) is 1.77. The number of anilines is 1. The minimum atomic E-state index is 0.997. The van der Waals surface area contributed by atoms with Crippen LogP contribution in [0.2, 0.25) is 0 Å². The van der Waals surface area contributed by atoms with E-state index < -0.39 is 0 Å². The molecular weight excluding hydrogens is 166 g/mol. The van der Waals surface area contributed by atoms with Crippen molar-refractivity contribution in [1.82, 2.24) is 0 Å². The molecule has 62 valence electrons. The number of hydrogen-bond donors (Lipinski definition) is 0. The van der Waals surface area contributed by atoms with Gasteiger partial charge in [-0.1, -0.05) is 6.58 Å². The monoisotopic (exact) mass is 177 g/mol. The molecule has 1 aromatic rings. The predicted octanol–water partition coefficient (Wildman–Crippen LogP) is 3.11. The summed E-state index contributed by atoms with van der Waals surface area (Å²) in [5.74, 6) is 0. The van der Waals surface area contributed by atoms with Gasteiger partial charge in [-0.3, -0.25) is 0 Å². The molecule has 12 heavy (non-hydrogen) atoms. The lowest BCUT2D eigenvalue weighted by Gasteiger charge is -2.25. The second-order valence-electron chi connectivity index (χ2n) is 2.75. The van der Waals surface area contributed by atoms with Gasteiger partial charge in [0.25, 0.3) is 0 Å². The van der Waals surface area contributed by atoms with Crippen LogP contribution in [-0.4, -0.2) is 6.54 Å². The molecular formula is C10H11NS. The van der Waals surface area contributed by atoms with Crippen LogP contribution in [0.1, 0.15) is 12.5 Å². The highest BCUT2D eigenvalue weighted by molar-refractivity contribution is 7.14. The van der Waals surface area contributed by atoms with Gasteiger partial charge in [-0.05, 0) is 30.5 Å². The van der Waals surface area contributed by atoms with Gasteiger partial charge in [0, 0.05) is 17.8 Å². The van der Waals surface area contributed by atoms with Gasteiger partial charge in [0.1, 0.15) is 5.00 Å². The van der Waals surface area contributed by atoms with E-state index in [2.05, 4.69) is 42.0 Å². The third-order valence-corrected chi connectivity index (χ3v) is 2.99. The molecule has 0 atom stereocenters. The zero-order valence-corrected chi connectivity index (χ0v) is 7.90. The molecule has 2 rings (SSSR count). The summed E-state index contributed by atoms with van der Waals surface area (Å²) in [7, 11) is 0. The fourth-order valence-corrected chi connectivity index (χ4v) is 2.40. The van der Waals surface area contributed by atoms with Gasteiger partial charge in [-0.2, -0.15) is 0 Å². The molecule has 2 heteroatoms. The van der Waals surface area contributed by atoms with E-state index in [4.69, 9.17) is 0 Å². The predicted molar refractivity (Wildman–Crippen MR) is 55.5 cm³/mol. The van der Waals surface area contributed by atoms with Crippen molar-refractivity contribution in [2.24, 2.45) is 0 Å². The zero-order valence-electron chi connectivity index (χ0n) is 7.08. The lowest BCUT2D eigenvalue weighted by molar-refractivity contribution is 0.990. The molecule has 0 amide bonds.